The Bertz CT molecular complexity index is 548. The summed E-state index contributed by atoms with van der Waals surface area (Å²) in [6, 6.07) is 4.95. The Kier molecular flexibility index (Phi) is 3.01. The number of hydrogen-bond donors (Lipinski definition) is 3. The molecule has 17 heavy (non-hydrogen) atoms. The van der Waals surface area contributed by atoms with Gasteiger partial charge in [-0.1, -0.05) is 6.07 Å². The van der Waals surface area contributed by atoms with Crippen molar-refractivity contribution in [3.8, 4) is 0 Å². The first-order valence-electron chi connectivity index (χ1n) is 5.30. The van der Waals surface area contributed by atoms with E-state index >= 15 is 0 Å². The highest BCUT2D eigenvalue weighted by Crippen LogP contribution is 2.21. The van der Waals surface area contributed by atoms with Gasteiger partial charge in [-0.15, -0.1) is 0 Å². The van der Waals surface area contributed by atoms with E-state index in [1.165, 1.54) is 7.11 Å². The van der Waals surface area contributed by atoms with Crippen LogP contribution in [0.4, 0.5) is 5.69 Å². The summed E-state index contributed by atoms with van der Waals surface area (Å²) in [6.07, 6.45) is 2.28. The van der Waals surface area contributed by atoms with Gasteiger partial charge in [-0.3, -0.25) is 4.79 Å². The number of esters is 1. The standard InChI is InChI=1S/C12H15N3O2/c1-17-12(16)10(14)4-7-6-15-11-5-8(13)2-3-9(7)11/h2-3,5-6,10,15H,4,13-14H2,1H3. The van der Waals surface area contributed by atoms with Crippen molar-refractivity contribution in [1.29, 1.82) is 0 Å². The first-order valence-corrected chi connectivity index (χ1v) is 5.30. The van der Waals surface area contributed by atoms with Crippen LogP contribution in [0.25, 0.3) is 10.9 Å². The average molecular weight is 233 g/mol. The fraction of sp³-hybridized carbons (Fsp3) is 0.250. The van der Waals surface area contributed by atoms with E-state index < -0.39 is 12.0 Å². The van der Waals surface area contributed by atoms with E-state index in [1.807, 2.05) is 24.4 Å². The first-order chi connectivity index (χ1) is 8.11. The van der Waals surface area contributed by atoms with Crippen LogP contribution in [-0.2, 0) is 16.0 Å². The predicted molar refractivity (Wildman–Crippen MR) is 66.4 cm³/mol. The van der Waals surface area contributed by atoms with Crippen LogP contribution in [-0.4, -0.2) is 24.1 Å². The van der Waals surface area contributed by atoms with Gasteiger partial charge in [0.15, 0.2) is 0 Å². The lowest BCUT2D eigenvalue weighted by Gasteiger charge is -2.08. The summed E-state index contributed by atoms with van der Waals surface area (Å²) in [5.74, 6) is -0.408. The Morgan fingerprint density at radius 2 is 2.29 bits per heavy atom. The third kappa shape index (κ3) is 2.24. The summed E-state index contributed by atoms with van der Waals surface area (Å²) in [5, 5.41) is 1.03. The number of nitrogen functional groups attached to an aromatic ring is 1. The second kappa shape index (κ2) is 4.47. The number of hydrogen-bond acceptors (Lipinski definition) is 4. The summed E-state index contributed by atoms with van der Waals surface area (Å²) < 4.78 is 4.60. The van der Waals surface area contributed by atoms with Gasteiger partial charge in [-0.05, 0) is 17.7 Å². The molecule has 0 aliphatic carbocycles. The number of anilines is 1. The summed E-state index contributed by atoms with van der Waals surface area (Å²) >= 11 is 0. The Labute approximate surface area is 98.7 Å². The molecule has 0 aliphatic heterocycles. The fourth-order valence-corrected chi connectivity index (χ4v) is 1.84. The third-order valence-electron chi connectivity index (χ3n) is 2.74. The SMILES string of the molecule is COC(=O)C(N)Cc1c[nH]c2cc(N)ccc12. The van der Waals surface area contributed by atoms with Gasteiger partial charge in [-0.25, -0.2) is 0 Å². The van der Waals surface area contributed by atoms with Gasteiger partial charge in [0.25, 0.3) is 0 Å². The third-order valence-corrected chi connectivity index (χ3v) is 2.74. The van der Waals surface area contributed by atoms with Gasteiger partial charge in [0, 0.05) is 29.2 Å². The number of carbonyl (C=O) groups is 1. The molecule has 90 valence electrons. The molecule has 1 aromatic heterocycles. The molecule has 1 atom stereocenters. The van der Waals surface area contributed by atoms with E-state index in [1.54, 1.807) is 0 Å². The lowest BCUT2D eigenvalue weighted by atomic mass is 10.1. The molecule has 0 aliphatic rings. The Balaban J connectivity index is 2.28. The molecule has 1 unspecified atom stereocenters. The minimum atomic E-state index is -0.642. The van der Waals surface area contributed by atoms with Crippen molar-refractivity contribution in [2.75, 3.05) is 12.8 Å². The number of ether oxygens (including phenoxy) is 1. The van der Waals surface area contributed by atoms with Gasteiger partial charge in [-0.2, -0.15) is 0 Å². The van der Waals surface area contributed by atoms with Crippen molar-refractivity contribution in [3.05, 3.63) is 30.0 Å². The monoisotopic (exact) mass is 233 g/mol. The van der Waals surface area contributed by atoms with Crippen molar-refractivity contribution in [2.45, 2.75) is 12.5 Å². The van der Waals surface area contributed by atoms with E-state index in [4.69, 9.17) is 11.5 Å². The molecule has 1 heterocycles. The largest absolute Gasteiger partial charge is 0.468 e. The molecule has 1 aromatic carbocycles. The van der Waals surface area contributed by atoms with Crippen LogP contribution in [0.2, 0.25) is 0 Å². The Hall–Kier alpha value is -2.01. The number of nitrogens with two attached hydrogens (primary N) is 2. The topological polar surface area (TPSA) is 94.1 Å². The molecule has 5 nitrogen and oxygen atoms in total. The second-order valence-electron chi connectivity index (χ2n) is 3.95. The maximum atomic E-state index is 11.3. The maximum absolute atomic E-state index is 11.3. The molecular formula is C12H15N3O2. The molecule has 0 amide bonds. The lowest BCUT2D eigenvalue weighted by molar-refractivity contribution is -0.142. The smallest absolute Gasteiger partial charge is 0.322 e. The van der Waals surface area contributed by atoms with Crippen molar-refractivity contribution in [2.24, 2.45) is 5.73 Å². The summed E-state index contributed by atoms with van der Waals surface area (Å²) in [7, 11) is 1.33. The number of nitrogens with one attached hydrogen (secondary N) is 1. The van der Waals surface area contributed by atoms with Crippen molar-refractivity contribution in [3.63, 3.8) is 0 Å². The second-order valence-corrected chi connectivity index (χ2v) is 3.95. The molecule has 0 fully saturated rings. The highest BCUT2D eigenvalue weighted by molar-refractivity contribution is 5.86. The highest BCUT2D eigenvalue weighted by atomic mass is 16.5. The molecule has 0 bridgehead atoms. The summed E-state index contributed by atoms with van der Waals surface area (Å²) in [6.45, 7) is 0. The zero-order valence-electron chi connectivity index (χ0n) is 9.57. The number of H-pyrrole nitrogens is 1. The van der Waals surface area contributed by atoms with E-state index in [2.05, 4.69) is 9.72 Å². The summed E-state index contributed by atoms with van der Waals surface area (Å²) in [4.78, 5) is 14.4. The van der Waals surface area contributed by atoms with Crippen LogP contribution in [0.1, 0.15) is 5.56 Å². The lowest BCUT2D eigenvalue weighted by Crippen LogP contribution is -2.33. The van der Waals surface area contributed by atoms with Crippen LogP contribution in [0.3, 0.4) is 0 Å². The normalized spacial score (nSPS) is 12.6. The molecule has 5 heteroatoms. The molecule has 0 radical (unpaired) electrons. The maximum Gasteiger partial charge on any atom is 0.322 e. The van der Waals surface area contributed by atoms with Crippen LogP contribution >= 0.6 is 0 Å². The van der Waals surface area contributed by atoms with Crippen LogP contribution < -0.4 is 11.5 Å². The van der Waals surface area contributed by atoms with Gasteiger partial charge in [0.05, 0.1) is 7.11 Å². The number of fused-ring (bicyclic) bond motifs is 1. The average Bonchev–Trinajstić information content (AvgIpc) is 2.70. The zero-order valence-corrected chi connectivity index (χ0v) is 9.57. The van der Waals surface area contributed by atoms with Gasteiger partial charge in [0.1, 0.15) is 6.04 Å². The fourth-order valence-electron chi connectivity index (χ4n) is 1.84. The van der Waals surface area contributed by atoms with Crippen molar-refractivity contribution in [1.82, 2.24) is 4.98 Å². The van der Waals surface area contributed by atoms with Crippen LogP contribution in [0, 0.1) is 0 Å². The predicted octanol–water partition coefficient (Wildman–Crippen LogP) is 0.793. The van der Waals surface area contributed by atoms with Gasteiger partial charge in [0.2, 0.25) is 0 Å². The molecule has 0 spiro atoms. The van der Waals surface area contributed by atoms with Crippen molar-refractivity contribution < 1.29 is 9.53 Å². The Morgan fingerprint density at radius 3 is 3.00 bits per heavy atom. The van der Waals surface area contributed by atoms with Gasteiger partial charge >= 0.3 is 5.97 Å². The molecule has 2 rings (SSSR count). The van der Waals surface area contributed by atoms with E-state index in [-0.39, 0.29) is 0 Å². The van der Waals surface area contributed by atoms with Gasteiger partial charge < -0.3 is 21.2 Å². The minimum absolute atomic E-state index is 0.408. The molecule has 0 saturated heterocycles. The molecule has 2 aromatic rings. The van der Waals surface area contributed by atoms with E-state index in [9.17, 15) is 4.79 Å². The number of aromatic amines is 1. The van der Waals surface area contributed by atoms with Crippen LogP contribution in [0.15, 0.2) is 24.4 Å². The number of aromatic nitrogens is 1. The number of benzene rings is 1. The van der Waals surface area contributed by atoms with E-state index in [0.717, 1.165) is 16.5 Å². The Morgan fingerprint density at radius 1 is 1.53 bits per heavy atom. The number of carbonyl (C=O) groups excluding carboxylic acids is 1. The highest BCUT2D eigenvalue weighted by Gasteiger charge is 2.16. The first kappa shape index (κ1) is 11.5. The summed E-state index contributed by atoms with van der Waals surface area (Å²) in [5.41, 5.74) is 14.0. The molecule has 5 N–H and O–H groups in total. The minimum Gasteiger partial charge on any atom is -0.468 e. The van der Waals surface area contributed by atoms with E-state index in [0.29, 0.717) is 12.1 Å². The molecule has 0 saturated carbocycles. The quantitative estimate of drug-likeness (QED) is 0.539. The molecular weight excluding hydrogens is 218 g/mol. The zero-order chi connectivity index (χ0) is 12.4. The van der Waals surface area contributed by atoms with Crippen LogP contribution in [0.5, 0.6) is 0 Å². The number of rotatable bonds is 3. The van der Waals surface area contributed by atoms with Crippen molar-refractivity contribution >= 4 is 22.6 Å². The number of methoxy groups -OCH3 is 1.